The molecule has 0 spiro atoms. The lowest BCUT2D eigenvalue weighted by Gasteiger charge is -2.13. The molecule has 1 unspecified atom stereocenters. The minimum atomic E-state index is -0.572. The number of aliphatic imine (C=N–C) groups is 1. The highest BCUT2D eigenvalue weighted by molar-refractivity contribution is 7.15. The van der Waals surface area contributed by atoms with Gasteiger partial charge in [0, 0.05) is 45.2 Å². The van der Waals surface area contributed by atoms with Crippen molar-refractivity contribution in [2.24, 2.45) is 10.7 Å². The molecule has 232 valence electrons. The van der Waals surface area contributed by atoms with Gasteiger partial charge in [-0.3, -0.25) is 19.1 Å². The Balaban J connectivity index is 1.25. The Morgan fingerprint density at radius 3 is 2.62 bits per heavy atom. The Kier molecular flexibility index (Phi) is 10.1. The molecule has 5 rings (SSSR count). The van der Waals surface area contributed by atoms with Gasteiger partial charge < -0.3 is 21.5 Å². The highest BCUT2D eigenvalue weighted by Gasteiger charge is 2.32. The highest BCUT2D eigenvalue weighted by Crippen LogP contribution is 2.39. The molecule has 0 radical (unpaired) electrons. The van der Waals surface area contributed by atoms with Gasteiger partial charge in [0.15, 0.2) is 5.82 Å². The second-order valence-corrected chi connectivity index (χ2v) is 12.3. The number of aliphatic hydroxyl groups excluding tert-OH is 1. The van der Waals surface area contributed by atoms with Gasteiger partial charge in [0.05, 0.1) is 25.3 Å². The second kappa shape index (κ2) is 14.2. The molecule has 0 bridgehead atoms. The number of aliphatic hydroxyl groups is 1. The van der Waals surface area contributed by atoms with E-state index >= 15 is 0 Å². The zero-order valence-electron chi connectivity index (χ0n) is 25.3. The number of aryl methyl sites for hydroxylation is 2. The Hall–Kier alpha value is -4.34. The summed E-state index contributed by atoms with van der Waals surface area (Å²) in [5, 5.41) is 25.8. The van der Waals surface area contributed by atoms with Crippen LogP contribution in [0.4, 0.5) is 5.69 Å². The number of carbonyl (C=O) groups is 2. The lowest BCUT2D eigenvalue weighted by Crippen LogP contribution is -2.27. The van der Waals surface area contributed by atoms with Crippen LogP contribution in [0.1, 0.15) is 69.6 Å². The fraction of sp³-hybridized carbons (Fsp3) is 0.303. The first-order valence-corrected chi connectivity index (χ1v) is 15.7. The molecule has 0 saturated heterocycles. The van der Waals surface area contributed by atoms with E-state index in [9.17, 15) is 14.7 Å². The van der Waals surface area contributed by atoms with Crippen molar-refractivity contribution in [1.29, 1.82) is 0 Å². The number of nitrogens with zero attached hydrogens (tertiary/aromatic N) is 4. The molecular formula is C33H34ClN7O3S. The maximum absolute atomic E-state index is 13.2. The summed E-state index contributed by atoms with van der Waals surface area (Å²) < 4.78 is 2.01. The van der Waals surface area contributed by atoms with Gasteiger partial charge in [0.2, 0.25) is 11.8 Å². The van der Waals surface area contributed by atoms with Crippen molar-refractivity contribution < 1.29 is 14.7 Å². The maximum Gasteiger partial charge on any atom is 0.224 e. The van der Waals surface area contributed by atoms with E-state index in [1.165, 1.54) is 4.88 Å². The summed E-state index contributed by atoms with van der Waals surface area (Å²) in [7, 11) is 0. The van der Waals surface area contributed by atoms with Gasteiger partial charge in [-0.1, -0.05) is 35.6 Å². The number of hydrogen-bond donors (Lipinski definition) is 4. The maximum atomic E-state index is 13.2. The van der Waals surface area contributed by atoms with Gasteiger partial charge in [-0.25, -0.2) is 0 Å². The minimum absolute atomic E-state index is 0.0672. The Morgan fingerprint density at radius 1 is 1.11 bits per heavy atom. The lowest BCUT2D eigenvalue weighted by atomic mass is 9.99. The van der Waals surface area contributed by atoms with Crippen LogP contribution in [0.2, 0.25) is 5.02 Å². The molecular weight excluding hydrogens is 610 g/mol. The monoisotopic (exact) mass is 643 g/mol. The van der Waals surface area contributed by atoms with Crippen LogP contribution in [0.25, 0.3) is 5.00 Å². The highest BCUT2D eigenvalue weighted by atomic mass is 35.5. The Bertz CT molecular complexity index is 1830. The zero-order valence-corrected chi connectivity index (χ0v) is 26.8. The van der Waals surface area contributed by atoms with Gasteiger partial charge in [-0.15, -0.1) is 21.5 Å². The molecule has 12 heteroatoms. The summed E-state index contributed by atoms with van der Waals surface area (Å²) in [6.07, 6.45) is 0.718. The first-order chi connectivity index (χ1) is 21.7. The number of aromatic nitrogens is 3. The SMILES string of the molecule is Cc1sc2c(c1C)C(c1ccc(Cl)cc1)=NC(CC(=O)NCCCC(=O)Nc1ccc(C#CCN)c(CO)c1)c1nnc(C)n1-2. The third-order valence-electron chi connectivity index (χ3n) is 7.52. The predicted molar refractivity (Wildman–Crippen MR) is 177 cm³/mol. The molecule has 0 saturated carbocycles. The van der Waals surface area contributed by atoms with Crippen molar-refractivity contribution in [3.8, 4) is 16.8 Å². The zero-order chi connectivity index (χ0) is 32.1. The normalized spacial score (nSPS) is 13.6. The number of fused-ring (bicyclic) bond motifs is 3. The standard InChI is InChI=1S/C33H34ClN7O3S/c1-19-20(2)45-33-30(19)31(23-8-11-25(34)12-9-23)38-27(32-40-39-21(3)41(32)33)17-29(44)36-15-5-7-28(43)37-26-13-10-22(6-4-14-35)24(16-26)18-42/h8-13,16,27,42H,5,7,14-15,17-18,35H2,1-3H3,(H,36,44)(H,37,43). The van der Waals surface area contributed by atoms with Crippen LogP contribution in [0.5, 0.6) is 0 Å². The summed E-state index contributed by atoms with van der Waals surface area (Å²) >= 11 is 7.85. The van der Waals surface area contributed by atoms with Crippen molar-refractivity contribution in [3.05, 3.63) is 91.8 Å². The molecule has 1 atom stereocenters. The largest absolute Gasteiger partial charge is 0.392 e. The van der Waals surface area contributed by atoms with E-state index in [-0.39, 0.29) is 37.8 Å². The molecule has 4 aromatic rings. The van der Waals surface area contributed by atoms with E-state index in [0.717, 1.165) is 33.2 Å². The number of rotatable bonds is 9. The van der Waals surface area contributed by atoms with Crippen LogP contribution in [0, 0.1) is 32.6 Å². The fourth-order valence-electron chi connectivity index (χ4n) is 5.15. The van der Waals surface area contributed by atoms with Crippen LogP contribution in [-0.4, -0.2) is 50.5 Å². The van der Waals surface area contributed by atoms with Gasteiger partial charge >= 0.3 is 0 Å². The fourth-order valence-corrected chi connectivity index (χ4v) is 6.49. The predicted octanol–water partition coefficient (Wildman–Crippen LogP) is 4.53. The number of nitrogens with two attached hydrogens (primary N) is 1. The van der Waals surface area contributed by atoms with E-state index < -0.39 is 6.04 Å². The van der Waals surface area contributed by atoms with Gasteiger partial charge in [-0.2, -0.15) is 0 Å². The van der Waals surface area contributed by atoms with Crippen LogP contribution in [0.15, 0.2) is 47.5 Å². The average molecular weight is 644 g/mol. The smallest absolute Gasteiger partial charge is 0.224 e. The van der Waals surface area contributed by atoms with Crippen molar-refractivity contribution in [2.45, 2.75) is 52.7 Å². The van der Waals surface area contributed by atoms with Crippen LogP contribution in [0.3, 0.4) is 0 Å². The Morgan fingerprint density at radius 2 is 1.89 bits per heavy atom. The molecule has 1 aliphatic heterocycles. The van der Waals surface area contributed by atoms with Crippen LogP contribution >= 0.6 is 22.9 Å². The summed E-state index contributed by atoms with van der Waals surface area (Å²) in [4.78, 5) is 32.0. The molecule has 2 aromatic heterocycles. The van der Waals surface area contributed by atoms with Crippen molar-refractivity contribution in [3.63, 3.8) is 0 Å². The molecule has 3 heterocycles. The number of benzene rings is 2. The summed E-state index contributed by atoms with van der Waals surface area (Å²) in [6.45, 7) is 6.39. The lowest BCUT2D eigenvalue weighted by molar-refractivity contribution is -0.122. The molecule has 0 aliphatic carbocycles. The van der Waals surface area contributed by atoms with Gasteiger partial charge in [0.1, 0.15) is 16.9 Å². The summed E-state index contributed by atoms with van der Waals surface area (Å²) in [6, 6.07) is 12.1. The molecule has 2 amide bonds. The third-order valence-corrected chi connectivity index (χ3v) is 8.97. The van der Waals surface area contributed by atoms with Gasteiger partial charge in [-0.05, 0) is 68.7 Å². The number of amides is 2. The summed E-state index contributed by atoms with van der Waals surface area (Å²) in [5.41, 5.74) is 11.1. The minimum Gasteiger partial charge on any atom is -0.392 e. The van der Waals surface area contributed by atoms with E-state index in [2.05, 4.69) is 46.5 Å². The van der Waals surface area contributed by atoms with E-state index in [1.807, 2.05) is 35.8 Å². The number of thiophene rings is 1. The first kappa shape index (κ1) is 32.1. The summed E-state index contributed by atoms with van der Waals surface area (Å²) in [5.74, 6) is 6.60. The topological polar surface area (TPSA) is 148 Å². The molecule has 5 N–H and O–H groups in total. The van der Waals surface area contributed by atoms with E-state index in [0.29, 0.717) is 40.6 Å². The number of anilines is 1. The van der Waals surface area contributed by atoms with Crippen LogP contribution in [-0.2, 0) is 16.2 Å². The first-order valence-electron chi connectivity index (χ1n) is 14.6. The molecule has 45 heavy (non-hydrogen) atoms. The van der Waals surface area contributed by atoms with Crippen molar-refractivity contribution >= 4 is 46.2 Å². The Labute approximate surface area is 270 Å². The van der Waals surface area contributed by atoms with E-state index in [4.69, 9.17) is 22.3 Å². The molecule has 0 fully saturated rings. The second-order valence-electron chi connectivity index (χ2n) is 10.6. The van der Waals surface area contributed by atoms with E-state index in [1.54, 1.807) is 29.5 Å². The number of carbonyl (C=O) groups excluding carboxylic acids is 2. The number of halogens is 1. The third kappa shape index (κ3) is 7.16. The van der Waals surface area contributed by atoms with Crippen LogP contribution < -0.4 is 16.4 Å². The van der Waals surface area contributed by atoms with Crippen molar-refractivity contribution in [2.75, 3.05) is 18.4 Å². The molecule has 1 aliphatic rings. The molecule has 2 aromatic carbocycles. The average Bonchev–Trinajstić information content (AvgIpc) is 3.50. The quantitative estimate of drug-likeness (QED) is 0.156. The number of nitrogens with one attached hydrogen (secondary N) is 2. The number of hydrogen-bond acceptors (Lipinski definition) is 8. The molecule has 10 nitrogen and oxygen atoms in total. The van der Waals surface area contributed by atoms with Gasteiger partial charge in [0.25, 0.3) is 0 Å². The van der Waals surface area contributed by atoms with Crippen molar-refractivity contribution in [1.82, 2.24) is 20.1 Å².